The van der Waals surface area contributed by atoms with Crippen LogP contribution in [0.2, 0.25) is 0 Å². The molecule has 1 N–H and O–H groups in total. The molecular weight excluding hydrogens is 516 g/mol. The lowest BCUT2D eigenvalue weighted by molar-refractivity contribution is 0.103. The first kappa shape index (κ1) is 26.3. The van der Waals surface area contributed by atoms with E-state index in [-0.39, 0.29) is 11.5 Å². The van der Waals surface area contributed by atoms with Gasteiger partial charge in [-0.15, -0.1) is 0 Å². The molecule has 0 bridgehead atoms. The fourth-order valence-corrected chi connectivity index (χ4v) is 5.36. The summed E-state index contributed by atoms with van der Waals surface area (Å²) in [4.78, 5) is 25.3. The van der Waals surface area contributed by atoms with E-state index in [1.54, 1.807) is 24.7 Å². The number of benzene rings is 3. The second-order valence-corrected chi connectivity index (χ2v) is 10.1. The van der Waals surface area contributed by atoms with Crippen molar-refractivity contribution in [2.45, 2.75) is 25.2 Å². The van der Waals surface area contributed by atoms with Crippen LogP contribution in [-0.2, 0) is 12.8 Å². The number of hydrogen-bond acceptors (Lipinski definition) is 3. The van der Waals surface area contributed by atoms with E-state index in [4.69, 9.17) is 0 Å². The summed E-state index contributed by atoms with van der Waals surface area (Å²) in [5.74, 6) is -2.68. The highest BCUT2D eigenvalue weighted by molar-refractivity contribution is 6.16. The SMILES string of the molecule is O=C(c1c(F)ccc(C(CCc2ccccc2)Cc2ccccc2)c1F)c1c[nH]c2ncc(-c3cccnc3)cc12. The summed E-state index contributed by atoms with van der Waals surface area (Å²) in [7, 11) is 0. The van der Waals surface area contributed by atoms with E-state index in [1.807, 2.05) is 72.8 Å². The Balaban J connectivity index is 1.38. The van der Waals surface area contributed by atoms with Gasteiger partial charge in [0.15, 0.2) is 0 Å². The zero-order chi connectivity index (χ0) is 28.2. The first-order valence-corrected chi connectivity index (χ1v) is 13.6. The minimum Gasteiger partial charge on any atom is -0.345 e. The molecule has 202 valence electrons. The van der Waals surface area contributed by atoms with Crippen LogP contribution in [0.5, 0.6) is 0 Å². The number of rotatable bonds is 9. The number of ketones is 1. The first-order chi connectivity index (χ1) is 20.1. The van der Waals surface area contributed by atoms with Gasteiger partial charge in [-0.3, -0.25) is 9.78 Å². The molecule has 1 unspecified atom stereocenters. The largest absolute Gasteiger partial charge is 0.345 e. The number of aromatic nitrogens is 3. The molecule has 41 heavy (non-hydrogen) atoms. The van der Waals surface area contributed by atoms with Crippen LogP contribution in [0.25, 0.3) is 22.2 Å². The van der Waals surface area contributed by atoms with E-state index in [0.29, 0.717) is 29.4 Å². The maximum Gasteiger partial charge on any atom is 0.201 e. The average Bonchev–Trinajstić information content (AvgIpc) is 3.44. The van der Waals surface area contributed by atoms with Crippen LogP contribution in [0, 0.1) is 11.6 Å². The van der Waals surface area contributed by atoms with Crippen molar-refractivity contribution in [3.8, 4) is 11.1 Å². The second kappa shape index (κ2) is 11.6. The van der Waals surface area contributed by atoms with Gasteiger partial charge in [0.2, 0.25) is 5.78 Å². The van der Waals surface area contributed by atoms with Gasteiger partial charge in [0.25, 0.3) is 0 Å². The second-order valence-electron chi connectivity index (χ2n) is 10.1. The Labute approximate surface area is 236 Å². The van der Waals surface area contributed by atoms with Crippen LogP contribution in [0.3, 0.4) is 0 Å². The van der Waals surface area contributed by atoms with Crippen LogP contribution >= 0.6 is 0 Å². The van der Waals surface area contributed by atoms with Crippen LogP contribution in [0.1, 0.15) is 45.0 Å². The molecule has 6 heteroatoms. The average molecular weight is 544 g/mol. The summed E-state index contributed by atoms with van der Waals surface area (Å²) in [5.41, 5.74) is 4.17. The zero-order valence-electron chi connectivity index (χ0n) is 22.2. The molecule has 1 atom stereocenters. The van der Waals surface area contributed by atoms with Gasteiger partial charge in [-0.2, -0.15) is 0 Å². The highest BCUT2D eigenvalue weighted by atomic mass is 19.1. The Morgan fingerprint density at radius 3 is 2.32 bits per heavy atom. The van der Waals surface area contributed by atoms with Gasteiger partial charge in [-0.1, -0.05) is 72.8 Å². The number of aryl methyl sites for hydroxylation is 1. The summed E-state index contributed by atoms with van der Waals surface area (Å²) in [6.07, 6.45) is 8.44. The predicted octanol–water partition coefficient (Wildman–Crippen LogP) is 8.09. The summed E-state index contributed by atoms with van der Waals surface area (Å²) >= 11 is 0. The van der Waals surface area contributed by atoms with Crippen molar-refractivity contribution in [3.05, 3.63) is 155 Å². The predicted molar refractivity (Wildman–Crippen MR) is 157 cm³/mol. The number of nitrogens with zero attached hydrogens (tertiary/aromatic N) is 2. The monoisotopic (exact) mass is 543 g/mol. The lowest BCUT2D eigenvalue weighted by Crippen LogP contribution is -2.14. The molecule has 4 nitrogen and oxygen atoms in total. The molecule has 0 radical (unpaired) electrons. The quantitative estimate of drug-likeness (QED) is 0.188. The Hall–Kier alpha value is -4.97. The molecule has 0 saturated heterocycles. The van der Waals surface area contributed by atoms with E-state index in [1.165, 1.54) is 18.3 Å². The van der Waals surface area contributed by atoms with Crippen LogP contribution < -0.4 is 0 Å². The zero-order valence-corrected chi connectivity index (χ0v) is 22.2. The molecule has 3 heterocycles. The molecule has 6 aromatic rings. The van der Waals surface area contributed by atoms with Crippen molar-refractivity contribution in [2.75, 3.05) is 0 Å². The number of H-pyrrole nitrogens is 1. The highest BCUT2D eigenvalue weighted by Crippen LogP contribution is 2.33. The summed E-state index contributed by atoms with van der Waals surface area (Å²) < 4.78 is 31.6. The van der Waals surface area contributed by atoms with Crippen molar-refractivity contribution in [3.63, 3.8) is 0 Å². The summed E-state index contributed by atoms with van der Waals surface area (Å²) in [5, 5.41) is 0.491. The van der Waals surface area contributed by atoms with Crippen LogP contribution in [-0.4, -0.2) is 20.7 Å². The minimum atomic E-state index is -0.886. The van der Waals surface area contributed by atoms with Gasteiger partial charge in [0.05, 0.1) is 5.56 Å². The first-order valence-electron chi connectivity index (χ1n) is 13.6. The van der Waals surface area contributed by atoms with Crippen molar-refractivity contribution >= 4 is 16.8 Å². The van der Waals surface area contributed by atoms with Gasteiger partial charge >= 0.3 is 0 Å². The maximum absolute atomic E-state index is 16.3. The molecule has 3 aromatic heterocycles. The molecule has 0 fully saturated rings. The van der Waals surface area contributed by atoms with Crippen LogP contribution in [0.15, 0.2) is 116 Å². The Bertz CT molecular complexity index is 1800. The van der Waals surface area contributed by atoms with E-state index in [2.05, 4.69) is 15.0 Å². The molecule has 0 aliphatic carbocycles. The summed E-state index contributed by atoms with van der Waals surface area (Å²) in [6.45, 7) is 0. The molecule has 6 rings (SSSR count). The number of nitrogens with one attached hydrogen (secondary N) is 1. The van der Waals surface area contributed by atoms with Crippen LogP contribution in [0.4, 0.5) is 8.78 Å². The fraction of sp³-hybridized carbons (Fsp3) is 0.114. The molecule has 3 aromatic carbocycles. The molecule has 0 aliphatic rings. The van der Waals surface area contributed by atoms with E-state index >= 15 is 8.78 Å². The normalized spacial score (nSPS) is 12.0. The van der Waals surface area contributed by atoms with Gasteiger partial charge in [-0.25, -0.2) is 13.8 Å². The Morgan fingerprint density at radius 1 is 0.829 bits per heavy atom. The van der Waals surface area contributed by atoms with E-state index in [0.717, 1.165) is 28.7 Å². The van der Waals surface area contributed by atoms with Gasteiger partial charge in [-0.05, 0) is 60.1 Å². The van der Waals surface area contributed by atoms with Gasteiger partial charge in [0.1, 0.15) is 17.3 Å². The number of aromatic amines is 1. The fourth-order valence-electron chi connectivity index (χ4n) is 5.36. The van der Waals surface area contributed by atoms with E-state index in [9.17, 15) is 4.79 Å². The number of pyridine rings is 2. The number of fused-ring (bicyclic) bond motifs is 1. The molecule has 0 spiro atoms. The van der Waals surface area contributed by atoms with Crippen molar-refractivity contribution in [2.24, 2.45) is 0 Å². The smallest absolute Gasteiger partial charge is 0.201 e. The van der Waals surface area contributed by atoms with Gasteiger partial charge in [0, 0.05) is 46.9 Å². The van der Waals surface area contributed by atoms with Crippen molar-refractivity contribution < 1.29 is 13.6 Å². The molecule has 0 amide bonds. The number of carbonyl (C=O) groups is 1. The van der Waals surface area contributed by atoms with Crippen molar-refractivity contribution in [1.82, 2.24) is 15.0 Å². The third-order valence-electron chi connectivity index (χ3n) is 7.51. The lowest BCUT2D eigenvalue weighted by atomic mass is 9.85. The lowest BCUT2D eigenvalue weighted by Gasteiger charge is -2.20. The van der Waals surface area contributed by atoms with Gasteiger partial charge < -0.3 is 4.98 Å². The summed E-state index contributed by atoms with van der Waals surface area (Å²) in [6, 6.07) is 28.0. The van der Waals surface area contributed by atoms with E-state index < -0.39 is 23.0 Å². The molecule has 0 aliphatic heterocycles. The third kappa shape index (κ3) is 5.54. The topological polar surface area (TPSA) is 58.6 Å². The number of carbonyl (C=O) groups excluding carboxylic acids is 1. The Morgan fingerprint density at radius 2 is 1.59 bits per heavy atom. The highest BCUT2D eigenvalue weighted by Gasteiger charge is 2.27. The molecule has 0 saturated carbocycles. The number of halogens is 2. The standard InChI is InChI=1S/C35H27F2N3O/c36-31-16-15-28(25(18-24-10-5-2-6-11-24)14-13-23-8-3-1-4-9-23)33(37)32(31)34(41)30-22-40-35-29(30)19-27(21-39-35)26-12-7-17-38-20-26/h1-12,15-17,19-22,25H,13-14,18H2,(H,39,40). The third-order valence-corrected chi connectivity index (χ3v) is 7.51. The maximum atomic E-state index is 16.3. The minimum absolute atomic E-state index is 0.164. The Kier molecular flexibility index (Phi) is 7.46. The van der Waals surface area contributed by atoms with Crippen molar-refractivity contribution in [1.29, 1.82) is 0 Å². The molecular formula is C35H27F2N3O. The number of hydrogen-bond donors (Lipinski definition) is 1.